The van der Waals surface area contributed by atoms with E-state index in [9.17, 15) is 0 Å². The predicted octanol–water partition coefficient (Wildman–Crippen LogP) is 3.85. The number of hydrogen-bond donors (Lipinski definition) is 1. The molecule has 0 spiro atoms. The maximum atomic E-state index is 4.11. The summed E-state index contributed by atoms with van der Waals surface area (Å²) < 4.78 is 0. The van der Waals surface area contributed by atoms with Crippen molar-refractivity contribution in [3.8, 4) is 0 Å². The number of pyridine rings is 1. The molecule has 1 N–H and O–H groups in total. The molecule has 0 aliphatic heterocycles. The van der Waals surface area contributed by atoms with Crippen LogP contribution in [0.25, 0.3) is 0 Å². The van der Waals surface area contributed by atoms with Crippen LogP contribution in [0.3, 0.4) is 0 Å². The highest BCUT2D eigenvalue weighted by Gasteiger charge is 2.16. The minimum atomic E-state index is 0.401. The van der Waals surface area contributed by atoms with Gasteiger partial charge in [-0.3, -0.25) is 4.98 Å². The Hall–Kier alpha value is -1.67. The van der Waals surface area contributed by atoms with Crippen LogP contribution in [0.5, 0.6) is 0 Å². The minimum absolute atomic E-state index is 0.401. The summed E-state index contributed by atoms with van der Waals surface area (Å²) in [6.45, 7) is 3.28. The summed E-state index contributed by atoms with van der Waals surface area (Å²) >= 11 is 0. The Kier molecular flexibility index (Phi) is 4.66. The molecule has 0 radical (unpaired) electrons. The normalized spacial score (nSPS) is 14.9. The molecule has 0 saturated heterocycles. The lowest BCUT2D eigenvalue weighted by atomic mass is 9.96. The van der Waals surface area contributed by atoms with Crippen LogP contribution in [0, 0.1) is 0 Å². The first-order valence-electron chi connectivity index (χ1n) is 8.11. The molecule has 110 valence electrons. The summed E-state index contributed by atoms with van der Waals surface area (Å²) in [5, 5.41) is 3.70. The summed E-state index contributed by atoms with van der Waals surface area (Å²) in [7, 11) is 0. The Bertz CT molecular complexity index is 577. The lowest BCUT2D eigenvalue weighted by molar-refractivity contribution is 0.529. The van der Waals surface area contributed by atoms with Gasteiger partial charge in [-0.15, -0.1) is 0 Å². The van der Waals surface area contributed by atoms with E-state index in [-0.39, 0.29) is 0 Å². The number of rotatable bonds is 6. The van der Waals surface area contributed by atoms with Gasteiger partial charge in [0.2, 0.25) is 0 Å². The number of hydrogen-bond acceptors (Lipinski definition) is 2. The fraction of sp³-hybridized carbons (Fsp3) is 0.421. The molecule has 0 fully saturated rings. The third-order valence-electron chi connectivity index (χ3n) is 4.35. The first kappa shape index (κ1) is 14.3. The van der Waals surface area contributed by atoms with Crippen LogP contribution in [0.1, 0.15) is 48.1 Å². The highest BCUT2D eigenvalue weighted by molar-refractivity contribution is 5.37. The van der Waals surface area contributed by atoms with Crippen molar-refractivity contribution in [2.75, 3.05) is 6.54 Å². The lowest BCUT2D eigenvalue weighted by Gasteiger charge is -2.20. The molecule has 3 rings (SSSR count). The van der Waals surface area contributed by atoms with Crippen LogP contribution in [0.4, 0.5) is 0 Å². The number of fused-ring (bicyclic) bond motifs is 1. The summed E-state index contributed by atoms with van der Waals surface area (Å²) in [6, 6.07) is 11.7. The number of benzene rings is 1. The van der Waals surface area contributed by atoms with E-state index in [1.54, 1.807) is 11.1 Å². The van der Waals surface area contributed by atoms with Crippen molar-refractivity contribution in [3.05, 3.63) is 65.0 Å². The van der Waals surface area contributed by atoms with E-state index < -0.39 is 0 Å². The predicted molar refractivity (Wildman–Crippen MR) is 87.4 cm³/mol. The molecular weight excluding hydrogens is 256 g/mol. The molecule has 21 heavy (non-hydrogen) atoms. The molecular formula is C19H24N2. The highest BCUT2D eigenvalue weighted by atomic mass is 14.9. The molecule has 1 unspecified atom stereocenters. The number of nitrogens with zero attached hydrogens (tertiary/aromatic N) is 1. The zero-order valence-corrected chi connectivity index (χ0v) is 12.8. The van der Waals surface area contributed by atoms with E-state index in [1.807, 2.05) is 12.4 Å². The smallest absolute Gasteiger partial charge is 0.0360 e. The van der Waals surface area contributed by atoms with Crippen molar-refractivity contribution in [3.63, 3.8) is 0 Å². The van der Waals surface area contributed by atoms with Gasteiger partial charge < -0.3 is 5.32 Å². The van der Waals surface area contributed by atoms with E-state index in [1.165, 1.54) is 30.4 Å². The fourth-order valence-electron chi connectivity index (χ4n) is 3.19. The van der Waals surface area contributed by atoms with Gasteiger partial charge in [0.25, 0.3) is 0 Å². The molecule has 2 nitrogen and oxygen atoms in total. The van der Waals surface area contributed by atoms with Crippen molar-refractivity contribution < 1.29 is 0 Å². The quantitative estimate of drug-likeness (QED) is 0.869. The van der Waals surface area contributed by atoms with Crippen molar-refractivity contribution in [2.45, 2.75) is 45.1 Å². The van der Waals surface area contributed by atoms with Crippen molar-refractivity contribution in [1.29, 1.82) is 0 Å². The van der Waals surface area contributed by atoms with E-state index in [2.05, 4.69) is 47.6 Å². The monoisotopic (exact) mass is 280 g/mol. The molecule has 1 aromatic carbocycles. The van der Waals surface area contributed by atoms with E-state index in [0.717, 1.165) is 19.4 Å². The Morgan fingerprint density at radius 3 is 2.71 bits per heavy atom. The van der Waals surface area contributed by atoms with Crippen LogP contribution in [0.15, 0.2) is 42.7 Å². The summed E-state index contributed by atoms with van der Waals surface area (Å²) in [5.74, 6) is 0. The number of nitrogens with one attached hydrogen (secondary N) is 1. The first-order chi connectivity index (χ1) is 10.4. The van der Waals surface area contributed by atoms with Crippen LogP contribution >= 0.6 is 0 Å². The molecule has 0 bridgehead atoms. The van der Waals surface area contributed by atoms with Gasteiger partial charge in [-0.2, -0.15) is 0 Å². The molecule has 0 amide bonds. The topological polar surface area (TPSA) is 24.9 Å². The van der Waals surface area contributed by atoms with Crippen molar-refractivity contribution in [1.82, 2.24) is 10.3 Å². The molecule has 0 saturated carbocycles. The van der Waals surface area contributed by atoms with Gasteiger partial charge >= 0.3 is 0 Å². The third-order valence-corrected chi connectivity index (χ3v) is 4.35. The Morgan fingerprint density at radius 1 is 1.10 bits per heavy atom. The maximum Gasteiger partial charge on any atom is 0.0360 e. The van der Waals surface area contributed by atoms with Gasteiger partial charge in [0.1, 0.15) is 0 Å². The Labute approximate surface area is 127 Å². The second-order valence-electron chi connectivity index (χ2n) is 5.95. The van der Waals surface area contributed by atoms with Crippen LogP contribution in [0.2, 0.25) is 0 Å². The van der Waals surface area contributed by atoms with E-state index in [4.69, 9.17) is 0 Å². The van der Waals surface area contributed by atoms with E-state index in [0.29, 0.717) is 6.04 Å². The third kappa shape index (κ3) is 3.51. The second-order valence-corrected chi connectivity index (χ2v) is 5.95. The Balaban J connectivity index is 1.81. The zero-order chi connectivity index (χ0) is 14.5. The summed E-state index contributed by atoms with van der Waals surface area (Å²) in [6.07, 6.45) is 9.78. The molecule has 1 aromatic heterocycles. The summed E-state index contributed by atoms with van der Waals surface area (Å²) in [5.41, 5.74) is 5.89. The number of aryl methyl sites for hydroxylation is 2. The highest BCUT2D eigenvalue weighted by Crippen LogP contribution is 2.27. The fourth-order valence-corrected chi connectivity index (χ4v) is 3.19. The van der Waals surface area contributed by atoms with Gasteiger partial charge in [-0.05, 0) is 73.0 Å². The van der Waals surface area contributed by atoms with Crippen LogP contribution < -0.4 is 5.32 Å². The standard InChI is InChI=1S/C19H24N2/c1-2-10-21-19(13-15-8-11-20-12-9-15)18-7-6-16-4-3-5-17(16)14-18/h6-9,11-12,14,19,21H,2-5,10,13H2,1H3. The summed E-state index contributed by atoms with van der Waals surface area (Å²) in [4.78, 5) is 4.11. The zero-order valence-electron chi connectivity index (χ0n) is 12.8. The average molecular weight is 280 g/mol. The molecule has 1 atom stereocenters. The minimum Gasteiger partial charge on any atom is -0.310 e. The van der Waals surface area contributed by atoms with Gasteiger partial charge in [-0.1, -0.05) is 25.1 Å². The SMILES string of the molecule is CCCNC(Cc1ccncc1)c1ccc2c(c1)CCC2. The van der Waals surface area contributed by atoms with Crippen LogP contribution in [-0.4, -0.2) is 11.5 Å². The van der Waals surface area contributed by atoms with Crippen molar-refractivity contribution in [2.24, 2.45) is 0 Å². The van der Waals surface area contributed by atoms with Gasteiger partial charge in [0, 0.05) is 18.4 Å². The van der Waals surface area contributed by atoms with Gasteiger partial charge in [-0.25, -0.2) is 0 Å². The second kappa shape index (κ2) is 6.86. The number of aromatic nitrogens is 1. The van der Waals surface area contributed by atoms with Gasteiger partial charge in [0.15, 0.2) is 0 Å². The average Bonchev–Trinajstić information content (AvgIpc) is 3.00. The first-order valence-corrected chi connectivity index (χ1v) is 8.11. The molecule has 2 aromatic rings. The van der Waals surface area contributed by atoms with E-state index >= 15 is 0 Å². The largest absolute Gasteiger partial charge is 0.310 e. The maximum absolute atomic E-state index is 4.11. The molecule has 2 heteroatoms. The van der Waals surface area contributed by atoms with Crippen LogP contribution in [-0.2, 0) is 19.3 Å². The Morgan fingerprint density at radius 2 is 1.90 bits per heavy atom. The van der Waals surface area contributed by atoms with Gasteiger partial charge in [0.05, 0.1) is 0 Å². The molecule has 1 heterocycles. The van der Waals surface area contributed by atoms with Crippen molar-refractivity contribution >= 4 is 0 Å². The lowest BCUT2D eigenvalue weighted by Crippen LogP contribution is -2.24. The molecule has 1 aliphatic carbocycles. The molecule has 1 aliphatic rings.